The van der Waals surface area contributed by atoms with Crippen LogP contribution in [0.25, 0.3) is 10.7 Å². The summed E-state index contributed by atoms with van der Waals surface area (Å²) in [7, 11) is 2.07. The third-order valence-electron chi connectivity index (χ3n) is 5.39. The van der Waals surface area contributed by atoms with Crippen molar-refractivity contribution in [2.45, 2.75) is 37.1 Å². The van der Waals surface area contributed by atoms with Crippen LogP contribution < -0.4 is 10.2 Å². The predicted molar refractivity (Wildman–Crippen MR) is 130 cm³/mol. The maximum Gasteiger partial charge on any atom is 0.230 e. The van der Waals surface area contributed by atoms with Crippen LogP contribution in [-0.2, 0) is 16.1 Å². The summed E-state index contributed by atoms with van der Waals surface area (Å²) in [5, 5.41) is 14.6. The SMILES string of the molecule is CN(CCCNC(=O)CSc1nnc(-c2cccs2)n1CC1CCCO1)c1ccccc1. The summed E-state index contributed by atoms with van der Waals surface area (Å²) in [6.45, 7) is 3.07. The minimum Gasteiger partial charge on any atom is -0.376 e. The van der Waals surface area contributed by atoms with Crippen LogP contribution in [0.3, 0.4) is 0 Å². The van der Waals surface area contributed by atoms with Gasteiger partial charge in [-0.3, -0.25) is 9.36 Å². The Hall–Kier alpha value is -2.36. The molecule has 1 fully saturated rings. The number of amides is 1. The molecule has 0 aliphatic carbocycles. The first-order chi connectivity index (χ1) is 15.7. The second-order valence-corrected chi connectivity index (χ2v) is 9.67. The predicted octanol–water partition coefficient (Wildman–Crippen LogP) is 3.92. The molecule has 4 rings (SSSR count). The van der Waals surface area contributed by atoms with Crippen molar-refractivity contribution in [2.24, 2.45) is 0 Å². The van der Waals surface area contributed by atoms with E-state index in [0.717, 1.165) is 54.8 Å². The lowest BCUT2D eigenvalue weighted by atomic mass is 10.2. The van der Waals surface area contributed by atoms with Crippen LogP contribution in [0.5, 0.6) is 0 Å². The second-order valence-electron chi connectivity index (χ2n) is 7.78. The molecule has 3 aromatic rings. The van der Waals surface area contributed by atoms with Crippen molar-refractivity contribution in [2.75, 3.05) is 37.4 Å². The van der Waals surface area contributed by atoms with Crippen molar-refractivity contribution in [1.29, 1.82) is 0 Å². The van der Waals surface area contributed by atoms with Gasteiger partial charge in [-0.05, 0) is 42.8 Å². The van der Waals surface area contributed by atoms with E-state index in [1.165, 1.54) is 17.4 Å². The zero-order valence-electron chi connectivity index (χ0n) is 18.3. The Morgan fingerprint density at radius 3 is 2.91 bits per heavy atom. The highest BCUT2D eigenvalue weighted by atomic mass is 32.2. The molecular formula is C23H29N5O2S2. The zero-order valence-corrected chi connectivity index (χ0v) is 19.9. The van der Waals surface area contributed by atoms with Crippen LogP contribution in [0.1, 0.15) is 19.3 Å². The van der Waals surface area contributed by atoms with E-state index in [1.807, 2.05) is 35.7 Å². The molecule has 1 aliphatic heterocycles. The van der Waals surface area contributed by atoms with E-state index >= 15 is 0 Å². The lowest BCUT2D eigenvalue weighted by Crippen LogP contribution is -2.29. The summed E-state index contributed by atoms with van der Waals surface area (Å²) >= 11 is 3.08. The van der Waals surface area contributed by atoms with Gasteiger partial charge in [0.1, 0.15) is 0 Å². The molecule has 0 radical (unpaired) electrons. The van der Waals surface area contributed by atoms with Gasteiger partial charge in [-0.15, -0.1) is 21.5 Å². The van der Waals surface area contributed by atoms with Crippen molar-refractivity contribution >= 4 is 34.7 Å². The van der Waals surface area contributed by atoms with E-state index in [4.69, 9.17) is 4.74 Å². The van der Waals surface area contributed by atoms with Gasteiger partial charge in [-0.2, -0.15) is 0 Å². The highest BCUT2D eigenvalue weighted by molar-refractivity contribution is 7.99. The van der Waals surface area contributed by atoms with Crippen molar-refractivity contribution in [1.82, 2.24) is 20.1 Å². The van der Waals surface area contributed by atoms with E-state index in [0.29, 0.717) is 12.3 Å². The Morgan fingerprint density at radius 1 is 1.28 bits per heavy atom. The van der Waals surface area contributed by atoms with Gasteiger partial charge in [0.2, 0.25) is 5.91 Å². The number of carbonyl (C=O) groups excluding carboxylic acids is 1. The van der Waals surface area contributed by atoms with Crippen LogP contribution in [0.4, 0.5) is 5.69 Å². The fourth-order valence-corrected chi connectivity index (χ4v) is 5.17. The summed E-state index contributed by atoms with van der Waals surface area (Å²) in [4.78, 5) is 15.7. The fraction of sp³-hybridized carbons (Fsp3) is 0.435. The zero-order chi connectivity index (χ0) is 22.2. The van der Waals surface area contributed by atoms with Crippen LogP contribution in [0.2, 0.25) is 0 Å². The molecule has 1 N–H and O–H groups in total. The van der Waals surface area contributed by atoms with Gasteiger partial charge in [-0.25, -0.2) is 0 Å². The molecule has 1 aromatic carbocycles. The molecule has 0 bridgehead atoms. The number of aromatic nitrogens is 3. The summed E-state index contributed by atoms with van der Waals surface area (Å²) < 4.78 is 7.94. The third kappa shape index (κ3) is 6.11. The van der Waals surface area contributed by atoms with Gasteiger partial charge in [0, 0.05) is 32.4 Å². The molecular weight excluding hydrogens is 442 g/mol. The number of nitrogens with zero attached hydrogens (tertiary/aromatic N) is 4. The van der Waals surface area contributed by atoms with Gasteiger partial charge < -0.3 is 15.0 Å². The van der Waals surface area contributed by atoms with Gasteiger partial charge in [-0.1, -0.05) is 36.0 Å². The number of carbonyl (C=O) groups is 1. The summed E-state index contributed by atoms with van der Waals surface area (Å²) in [5.74, 6) is 1.19. The average Bonchev–Trinajstić information content (AvgIpc) is 3.58. The Labute approximate surface area is 197 Å². The highest BCUT2D eigenvalue weighted by Gasteiger charge is 2.22. The van der Waals surface area contributed by atoms with Crippen LogP contribution in [-0.4, -0.2) is 59.3 Å². The van der Waals surface area contributed by atoms with E-state index < -0.39 is 0 Å². The molecule has 1 unspecified atom stereocenters. The minimum atomic E-state index is 0.0155. The van der Waals surface area contributed by atoms with E-state index in [1.54, 1.807) is 11.3 Å². The summed E-state index contributed by atoms with van der Waals surface area (Å²) in [6.07, 6.45) is 3.20. The van der Waals surface area contributed by atoms with E-state index in [2.05, 4.69) is 44.2 Å². The van der Waals surface area contributed by atoms with Gasteiger partial charge in [0.15, 0.2) is 11.0 Å². The molecule has 0 spiro atoms. The number of nitrogens with one attached hydrogen (secondary N) is 1. The van der Waals surface area contributed by atoms with Crippen molar-refractivity contribution < 1.29 is 9.53 Å². The molecule has 1 aliphatic rings. The number of thioether (sulfide) groups is 1. The van der Waals surface area contributed by atoms with Crippen molar-refractivity contribution in [3.63, 3.8) is 0 Å². The third-order valence-corrected chi connectivity index (χ3v) is 7.22. The second kappa shape index (κ2) is 11.5. The maximum atomic E-state index is 12.4. The smallest absolute Gasteiger partial charge is 0.230 e. The monoisotopic (exact) mass is 471 g/mol. The van der Waals surface area contributed by atoms with Gasteiger partial charge >= 0.3 is 0 Å². The number of hydrogen-bond donors (Lipinski definition) is 1. The molecule has 0 saturated carbocycles. The molecule has 1 atom stereocenters. The molecule has 3 heterocycles. The van der Waals surface area contributed by atoms with E-state index in [9.17, 15) is 4.79 Å². The topological polar surface area (TPSA) is 72.3 Å². The Bertz CT molecular complexity index is 972. The molecule has 170 valence electrons. The molecule has 1 amide bonds. The van der Waals surface area contributed by atoms with Crippen molar-refractivity contribution in [3.8, 4) is 10.7 Å². The largest absolute Gasteiger partial charge is 0.376 e. The first-order valence-corrected chi connectivity index (χ1v) is 12.8. The number of hydrogen-bond acceptors (Lipinski definition) is 7. The number of anilines is 1. The Balaban J connectivity index is 1.27. The highest BCUT2D eigenvalue weighted by Crippen LogP contribution is 2.29. The molecule has 2 aromatic heterocycles. The van der Waals surface area contributed by atoms with Crippen molar-refractivity contribution in [3.05, 3.63) is 47.8 Å². The van der Waals surface area contributed by atoms with Gasteiger partial charge in [0.25, 0.3) is 0 Å². The summed E-state index contributed by atoms with van der Waals surface area (Å²) in [6, 6.07) is 14.3. The fourth-order valence-electron chi connectivity index (χ4n) is 3.68. The Kier molecular flexibility index (Phi) is 8.19. The minimum absolute atomic E-state index is 0.0155. The molecule has 32 heavy (non-hydrogen) atoms. The van der Waals surface area contributed by atoms with Crippen LogP contribution in [0, 0.1) is 0 Å². The quantitative estimate of drug-likeness (QED) is 0.338. The van der Waals surface area contributed by atoms with Gasteiger partial charge in [0.05, 0.1) is 23.3 Å². The number of benzene rings is 1. The number of para-hydroxylation sites is 1. The number of thiophene rings is 1. The molecule has 1 saturated heterocycles. The van der Waals surface area contributed by atoms with Crippen LogP contribution >= 0.6 is 23.1 Å². The first-order valence-electron chi connectivity index (χ1n) is 10.9. The number of ether oxygens (including phenoxy) is 1. The average molecular weight is 472 g/mol. The normalized spacial score (nSPS) is 15.7. The maximum absolute atomic E-state index is 12.4. The molecule has 7 nitrogen and oxygen atoms in total. The summed E-state index contributed by atoms with van der Waals surface area (Å²) in [5.41, 5.74) is 1.18. The standard InChI is InChI=1S/C23H29N5O2S2/c1-27(18-8-3-2-4-9-18)13-7-12-24-21(29)17-32-23-26-25-22(20-11-6-15-31-20)28(23)16-19-10-5-14-30-19/h2-4,6,8-9,11,15,19H,5,7,10,12-14,16-17H2,1H3,(H,24,29). The van der Waals surface area contributed by atoms with E-state index in [-0.39, 0.29) is 12.0 Å². The number of rotatable bonds is 11. The Morgan fingerprint density at radius 2 is 2.16 bits per heavy atom. The molecule has 9 heteroatoms. The first kappa shape index (κ1) is 22.8. The lowest BCUT2D eigenvalue weighted by molar-refractivity contribution is -0.118. The van der Waals surface area contributed by atoms with Crippen LogP contribution in [0.15, 0.2) is 53.0 Å². The lowest BCUT2D eigenvalue weighted by Gasteiger charge is -2.19.